The summed E-state index contributed by atoms with van der Waals surface area (Å²) in [7, 11) is 5.14. The van der Waals surface area contributed by atoms with Crippen molar-refractivity contribution in [2.45, 2.75) is 0 Å². The second-order valence-corrected chi connectivity index (χ2v) is 12.1. The van der Waals surface area contributed by atoms with Crippen LogP contribution in [0.15, 0.2) is 52.7 Å². The van der Waals surface area contributed by atoms with Crippen LogP contribution in [-0.4, -0.2) is 81.6 Å². The molecule has 0 aliphatic carbocycles. The Morgan fingerprint density at radius 3 is 1.73 bits per heavy atom. The molecule has 232 valence electrons. The second kappa shape index (κ2) is 13.6. The topological polar surface area (TPSA) is 144 Å². The lowest BCUT2D eigenvalue weighted by molar-refractivity contribution is 0.0383. The Morgan fingerprint density at radius 2 is 1.25 bits per heavy atom. The third-order valence-corrected chi connectivity index (χ3v) is 8.96. The van der Waals surface area contributed by atoms with Crippen molar-refractivity contribution in [1.29, 1.82) is 0 Å². The Hall–Kier alpha value is -4.18. The van der Waals surface area contributed by atoms with Gasteiger partial charge in [-0.2, -0.15) is 0 Å². The van der Waals surface area contributed by atoms with Gasteiger partial charge in [0.1, 0.15) is 22.0 Å². The molecular weight excluding hydrogens is 652 g/mol. The van der Waals surface area contributed by atoms with Gasteiger partial charge in [-0.1, -0.05) is 0 Å². The van der Waals surface area contributed by atoms with Gasteiger partial charge < -0.3 is 39.7 Å². The molecule has 44 heavy (non-hydrogen) atoms. The molecule has 1 aliphatic rings. The Bertz CT molecular complexity index is 1700. The lowest BCUT2D eigenvalue weighted by atomic mass is 10.3. The maximum Gasteiger partial charge on any atom is 0.272 e. The highest BCUT2D eigenvalue weighted by molar-refractivity contribution is 9.10. The van der Waals surface area contributed by atoms with Gasteiger partial charge in [-0.3, -0.25) is 24.1 Å². The molecule has 0 unspecified atom stereocenters. The average Bonchev–Trinajstić information content (AvgIpc) is 3.76. The normalized spacial score (nSPS) is 13.5. The van der Waals surface area contributed by atoms with E-state index in [0.29, 0.717) is 63.3 Å². The van der Waals surface area contributed by atoms with Crippen molar-refractivity contribution in [2.75, 3.05) is 55.3 Å². The van der Waals surface area contributed by atoms with Crippen LogP contribution in [0.2, 0.25) is 0 Å². The zero-order chi connectivity index (χ0) is 31.4. The molecule has 1 aliphatic heterocycles. The van der Waals surface area contributed by atoms with Crippen LogP contribution >= 0.6 is 27.3 Å². The van der Waals surface area contributed by atoms with Crippen LogP contribution in [0.4, 0.5) is 17.1 Å². The summed E-state index contributed by atoms with van der Waals surface area (Å²) in [6.45, 7) is 4.35. The van der Waals surface area contributed by atoms with E-state index in [1.54, 1.807) is 77.7 Å². The van der Waals surface area contributed by atoms with Crippen molar-refractivity contribution in [3.63, 3.8) is 0 Å². The Labute approximate surface area is 266 Å². The number of nitrogens with one attached hydrogen (secondary N) is 4. The van der Waals surface area contributed by atoms with Crippen molar-refractivity contribution in [3.05, 3.63) is 74.7 Å². The maximum atomic E-state index is 13.1. The molecule has 0 bridgehead atoms. The summed E-state index contributed by atoms with van der Waals surface area (Å²) in [5, 5.41) is 13.2. The van der Waals surface area contributed by atoms with E-state index in [0.717, 1.165) is 19.6 Å². The number of hydrogen-bond donors (Lipinski definition) is 4. The fraction of sp³-hybridized carbons (Fsp3) is 0.310. The van der Waals surface area contributed by atoms with Crippen molar-refractivity contribution >= 4 is 68.0 Å². The van der Waals surface area contributed by atoms with Crippen molar-refractivity contribution in [1.82, 2.24) is 23.9 Å². The second-order valence-electron chi connectivity index (χ2n) is 10.3. The van der Waals surface area contributed by atoms with Gasteiger partial charge in [-0.05, 0) is 45.6 Å². The number of halogens is 1. The zero-order valence-corrected chi connectivity index (χ0v) is 26.9. The van der Waals surface area contributed by atoms with E-state index in [2.05, 4.69) is 42.1 Å². The van der Waals surface area contributed by atoms with E-state index in [4.69, 9.17) is 4.74 Å². The molecule has 4 N–H and O–H groups in total. The van der Waals surface area contributed by atoms with Crippen LogP contribution < -0.4 is 21.3 Å². The number of thiophene rings is 1. The number of carbonyl (C=O) groups excluding carboxylic acids is 4. The number of aryl methyl sites for hydroxylation is 3. The van der Waals surface area contributed by atoms with E-state index in [9.17, 15) is 19.2 Å². The Kier molecular flexibility index (Phi) is 9.68. The third kappa shape index (κ3) is 7.30. The number of nitrogens with zero attached hydrogens (tertiary/aromatic N) is 4. The molecule has 4 aromatic rings. The number of amides is 4. The quantitative estimate of drug-likeness (QED) is 0.202. The summed E-state index contributed by atoms with van der Waals surface area (Å²) >= 11 is 4.66. The predicted molar refractivity (Wildman–Crippen MR) is 172 cm³/mol. The van der Waals surface area contributed by atoms with Gasteiger partial charge in [-0.15, -0.1) is 11.3 Å². The highest BCUT2D eigenvalue weighted by Crippen LogP contribution is 2.25. The molecule has 0 aromatic carbocycles. The molecule has 0 atom stereocenters. The van der Waals surface area contributed by atoms with Crippen LogP contribution in [0.3, 0.4) is 0 Å². The first-order chi connectivity index (χ1) is 21.1. The highest BCUT2D eigenvalue weighted by Gasteiger charge is 2.20. The number of morpholine rings is 1. The minimum Gasteiger partial charge on any atom is -0.379 e. The van der Waals surface area contributed by atoms with Crippen LogP contribution in [0.25, 0.3) is 0 Å². The summed E-state index contributed by atoms with van der Waals surface area (Å²) in [4.78, 5) is 54.2. The largest absolute Gasteiger partial charge is 0.379 e. The first-order valence-electron chi connectivity index (χ1n) is 13.8. The number of hydrogen-bond acceptors (Lipinski definition) is 7. The predicted octanol–water partition coefficient (Wildman–Crippen LogP) is 3.35. The molecule has 5 rings (SSSR count). The van der Waals surface area contributed by atoms with Gasteiger partial charge in [0.05, 0.1) is 30.3 Å². The van der Waals surface area contributed by atoms with Crippen molar-refractivity contribution in [3.8, 4) is 0 Å². The maximum absolute atomic E-state index is 13.1. The standard InChI is InChI=1S/C29H33BrN8O5S/c1-35-15-18(12-22(35)26(39)31-5-6-38-7-9-43-10-8-38)32-27(40)23-13-19(16-36(23)2)33-28(41)24-14-20(17-37(24)3)34-29(42)25-21(30)4-11-44-25/h4,11-17H,5-10H2,1-3H3,(H,31,39)(H,32,40)(H,33,41)(H,34,42). The number of ether oxygens (including phenoxy) is 1. The summed E-state index contributed by atoms with van der Waals surface area (Å²) in [5.74, 6) is -1.32. The summed E-state index contributed by atoms with van der Waals surface area (Å²) in [6.07, 6.45) is 4.95. The van der Waals surface area contributed by atoms with Crippen LogP contribution in [0.5, 0.6) is 0 Å². The number of aromatic nitrogens is 3. The highest BCUT2D eigenvalue weighted by atomic mass is 79.9. The molecule has 1 saturated heterocycles. The van der Waals surface area contributed by atoms with E-state index >= 15 is 0 Å². The van der Waals surface area contributed by atoms with Gasteiger partial charge in [0.25, 0.3) is 23.6 Å². The smallest absolute Gasteiger partial charge is 0.272 e. The molecule has 0 spiro atoms. The summed E-state index contributed by atoms with van der Waals surface area (Å²) in [5.41, 5.74) is 2.41. The monoisotopic (exact) mass is 684 g/mol. The summed E-state index contributed by atoms with van der Waals surface area (Å²) < 4.78 is 10.9. The molecule has 0 radical (unpaired) electrons. The first kappa shape index (κ1) is 31.3. The average molecular weight is 686 g/mol. The van der Waals surface area contributed by atoms with Gasteiger partial charge in [0.2, 0.25) is 0 Å². The molecular formula is C29H33BrN8O5S. The van der Waals surface area contributed by atoms with E-state index in [1.165, 1.54) is 11.3 Å². The van der Waals surface area contributed by atoms with Crippen LogP contribution in [-0.2, 0) is 25.9 Å². The number of rotatable bonds is 10. The minimum atomic E-state index is -0.407. The molecule has 4 amide bonds. The van der Waals surface area contributed by atoms with E-state index in [1.807, 2.05) is 5.38 Å². The third-order valence-electron chi connectivity index (χ3n) is 7.13. The lowest BCUT2D eigenvalue weighted by Gasteiger charge is -2.26. The SMILES string of the molecule is Cn1cc(NC(=O)c2cc(NC(=O)c3cc(NC(=O)c4sccc4Br)cn3C)cn2C)cc1C(=O)NCCN1CCOCC1. The molecule has 15 heteroatoms. The number of anilines is 3. The van der Waals surface area contributed by atoms with Crippen LogP contribution in [0.1, 0.15) is 41.1 Å². The van der Waals surface area contributed by atoms with Crippen molar-refractivity contribution < 1.29 is 23.9 Å². The molecule has 13 nitrogen and oxygen atoms in total. The van der Waals surface area contributed by atoms with Crippen LogP contribution in [0, 0.1) is 0 Å². The molecule has 0 saturated carbocycles. The van der Waals surface area contributed by atoms with E-state index in [-0.39, 0.29) is 11.8 Å². The minimum absolute atomic E-state index is 0.229. The fourth-order valence-electron chi connectivity index (χ4n) is 4.85. The fourth-order valence-corrected chi connectivity index (χ4v) is 6.30. The van der Waals surface area contributed by atoms with Gasteiger partial charge in [-0.25, -0.2) is 0 Å². The van der Waals surface area contributed by atoms with Gasteiger partial charge >= 0.3 is 0 Å². The first-order valence-corrected chi connectivity index (χ1v) is 15.5. The summed E-state index contributed by atoms with van der Waals surface area (Å²) in [6, 6.07) is 6.56. The van der Waals surface area contributed by atoms with Gasteiger partial charge in [0.15, 0.2) is 0 Å². The molecule has 5 heterocycles. The lowest BCUT2D eigenvalue weighted by Crippen LogP contribution is -2.41. The van der Waals surface area contributed by atoms with Crippen molar-refractivity contribution in [2.24, 2.45) is 21.1 Å². The number of carbonyl (C=O) groups is 4. The Balaban J connectivity index is 1.17. The van der Waals surface area contributed by atoms with Gasteiger partial charge in [0, 0.05) is 70.4 Å². The van der Waals surface area contributed by atoms with E-state index < -0.39 is 11.8 Å². The molecule has 1 fully saturated rings. The molecule has 4 aromatic heterocycles. The zero-order valence-electron chi connectivity index (χ0n) is 24.5. The Morgan fingerprint density at radius 1 is 0.773 bits per heavy atom.